The van der Waals surface area contributed by atoms with Gasteiger partial charge in [-0.1, -0.05) is 62.4 Å². The Labute approximate surface area is 145 Å². The van der Waals surface area contributed by atoms with Crippen LogP contribution < -0.4 is 10.6 Å². The van der Waals surface area contributed by atoms with Crippen LogP contribution in [0.25, 0.3) is 0 Å². The lowest BCUT2D eigenvalue weighted by Gasteiger charge is -2.29. The zero-order valence-corrected chi connectivity index (χ0v) is 15.2. The highest BCUT2D eigenvalue weighted by Gasteiger charge is 2.39. The van der Waals surface area contributed by atoms with E-state index in [0.717, 1.165) is 36.2 Å². The third kappa shape index (κ3) is 4.04. The highest BCUT2D eigenvalue weighted by Crippen LogP contribution is 2.22. The Kier molecular flexibility index (Phi) is 6.16. The Balaban J connectivity index is 2.17. The van der Waals surface area contributed by atoms with Crippen molar-refractivity contribution < 1.29 is 10.1 Å². The van der Waals surface area contributed by atoms with Gasteiger partial charge in [0.05, 0.1) is 0 Å². The molecule has 0 radical (unpaired) electrons. The maximum absolute atomic E-state index is 13.1. The van der Waals surface area contributed by atoms with Crippen molar-refractivity contribution in [2.75, 3.05) is 5.32 Å². The lowest BCUT2D eigenvalue weighted by molar-refractivity contribution is -0.727. The van der Waals surface area contributed by atoms with Crippen LogP contribution >= 0.6 is 0 Å². The summed E-state index contributed by atoms with van der Waals surface area (Å²) >= 11 is 0. The fraction of sp³-hybridized carbons (Fsp3) is 0.381. The molecular formula is C21H29N2O+. The summed E-state index contributed by atoms with van der Waals surface area (Å²) in [5, 5.41) is 5.37. The normalized spacial score (nSPS) is 11.3. The van der Waals surface area contributed by atoms with Crippen molar-refractivity contribution in [1.29, 1.82) is 0 Å². The molecule has 0 saturated carbocycles. The van der Waals surface area contributed by atoms with E-state index >= 15 is 0 Å². The minimum absolute atomic E-state index is 0.0980. The molecule has 0 fully saturated rings. The molecule has 0 unspecified atom stereocenters. The van der Waals surface area contributed by atoms with Crippen LogP contribution in [0.5, 0.6) is 0 Å². The Morgan fingerprint density at radius 1 is 0.958 bits per heavy atom. The second-order valence-electron chi connectivity index (χ2n) is 6.48. The third-order valence-corrected chi connectivity index (χ3v) is 5.00. The predicted octanol–water partition coefficient (Wildman–Crippen LogP) is 3.56. The Hall–Kier alpha value is -2.13. The summed E-state index contributed by atoms with van der Waals surface area (Å²) in [7, 11) is 0. The number of carbonyl (C=O) groups is 1. The first kappa shape index (κ1) is 18.2. The number of benzene rings is 2. The zero-order valence-electron chi connectivity index (χ0n) is 15.2. The number of anilines is 1. The van der Waals surface area contributed by atoms with Crippen molar-refractivity contribution >= 4 is 11.6 Å². The molecule has 0 atom stereocenters. The van der Waals surface area contributed by atoms with E-state index in [4.69, 9.17) is 0 Å². The van der Waals surface area contributed by atoms with Gasteiger partial charge in [-0.3, -0.25) is 4.79 Å². The van der Waals surface area contributed by atoms with Gasteiger partial charge in [0.1, 0.15) is 6.54 Å². The minimum Gasteiger partial charge on any atom is -0.330 e. The molecule has 3 heteroatoms. The zero-order chi connectivity index (χ0) is 17.6. The van der Waals surface area contributed by atoms with Gasteiger partial charge in [-0.15, -0.1) is 0 Å². The van der Waals surface area contributed by atoms with E-state index in [2.05, 4.69) is 36.6 Å². The summed E-state index contributed by atoms with van der Waals surface area (Å²) in [5.41, 5.74) is 3.95. The standard InChI is InChI=1S/C21H28N2O/c1-5-21(6-2,22-15-18-13-8-7-9-14-18)20(24)23-19-16(3)11-10-12-17(19)4/h7-14,22H,5-6,15H2,1-4H3,(H,23,24)/p+1. The van der Waals surface area contributed by atoms with Gasteiger partial charge in [-0.05, 0) is 25.0 Å². The van der Waals surface area contributed by atoms with E-state index in [1.807, 2.05) is 50.2 Å². The molecule has 0 bridgehead atoms. The molecule has 2 aromatic carbocycles. The van der Waals surface area contributed by atoms with Crippen LogP contribution in [0.2, 0.25) is 0 Å². The van der Waals surface area contributed by atoms with Crippen molar-refractivity contribution in [1.82, 2.24) is 0 Å². The third-order valence-electron chi connectivity index (χ3n) is 5.00. The fourth-order valence-electron chi connectivity index (χ4n) is 3.13. The number of quaternary nitrogens is 1. The molecule has 0 aliphatic carbocycles. The molecule has 128 valence electrons. The van der Waals surface area contributed by atoms with E-state index in [1.165, 1.54) is 5.56 Å². The summed E-state index contributed by atoms with van der Waals surface area (Å²) in [6.07, 6.45) is 1.60. The summed E-state index contributed by atoms with van der Waals surface area (Å²) in [6, 6.07) is 16.4. The molecule has 0 aliphatic rings. The number of hydrogen-bond donors (Lipinski definition) is 2. The number of rotatable bonds is 7. The monoisotopic (exact) mass is 325 g/mol. The second kappa shape index (κ2) is 8.11. The van der Waals surface area contributed by atoms with Gasteiger partial charge in [0.25, 0.3) is 5.91 Å². The number of amides is 1. The van der Waals surface area contributed by atoms with Crippen molar-refractivity contribution in [3.05, 3.63) is 65.2 Å². The maximum atomic E-state index is 13.1. The molecule has 3 N–H and O–H groups in total. The van der Waals surface area contributed by atoms with Crippen molar-refractivity contribution in [2.45, 2.75) is 52.6 Å². The van der Waals surface area contributed by atoms with E-state index in [1.54, 1.807) is 0 Å². The summed E-state index contributed by atoms with van der Waals surface area (Å²) < 4.78 is 0. The number of para-hydroxylation sites is 1. The van der Waals surface area contributed by atoms with Crippen LogP contribution in [0, 0.1) is 13.8 Å². The largest absolute Gasteiger partial charge is 0.330 e. The lowest BCUT2D eigenvalue weighted by atomic mass is 9.90. The highest BCUT2D eigenvalue weighted by molar-refractivity contribution is 5.98. The van der Waals surface area contributed by atoms with Crippen LogP contribution in [0.15, 0.2) is 48.5 Å². The number of aryl methyl sites for hydroxylation is 2. The minimum atomic E-state index is -0.440. The topological polar surface area (TPSA) is 45.7 Å². The first-order chi connectivity index (χ1) is 11.5. The van der Waals surface area contributed by atoms with E-state index in [0.29, 0.717) is 0 Å². The van der Waals surface area contributed by atoms with Gasteiger partial charge in [0.2, 0.25) is 0 Å². The molecule has 0 saturated heterocycles. The van der Waals surface area contributed by atoms with E-state index in [-0.39, 0.29) is 5.91 Å². The second-order valence-corrected chi connectivity index (χ2v) is 6.48. The number of hydrogen-bond acceptors (Lipinski definition) is 1. The number of carbonyl (C=O) groups excluding carboxylic acids is 1. The molecule has 0 aliphatic heterocycles. The molecule has 0 aromatic heterocycles. The van der Waals surface area contributed by atoms with E-state index < -0.39 is 5.54 Å². The van der Waals surface area contributed by atoms with Crippen molar-refractivity contribution in [2.24, 2.45) is 0 Å². The van der Waals surface area contributed by atoms with Gasteiger partial charge in [0.15, 0.2) is 5.54 Å². The Bertz CT molecular complexity index is 655. The van der Waals surface area contributed by atoms with Crippen LogP contribution in [0.4, 0.5) is 5.69 Å². The average Bonchev–Trinajstić information content (AvgIpc) is 2.60. The highest BCUT2D eigenvalue weighted by atomic mass is 16.2. The molecule has 0 spiro atoms. The van der Waals surface area contributed by atoms with Gasteiger partial charge in [-0.2, -0.15) is 0 Å². The summed E-state index contributed by atoms with van der Waals surface area (Å²) in [6.45, 7) is 9.07. The van der Waals surface area contributed by atoms with Crippen LogP contribution in [0.1, 0.15) is 43.4 Å². The Morgan fingerprint density at radius 2 is 1.54 bits per heavy atom. The SMILES string of the molecule is CCC(CC)([NH2+]Cc1ccccc1)C(=O)Nc1c(C)cccc1C. The fourth-order valence-corrected chi connectivity index (χ4v) is 3.13. The van der Waals surface area contributed by atoms with E-state index in [9.17, 15) is 4.79 Å². The number of nitrogens with two attached hydrogens (primary N) is 1. The molecular weight excluding hydrogens is 296 g/mol. The summed E-state index contributed by atoms with van der Waals surface area (Å²) in [5.74, 6) is 0.0980. The molecule has 3 nitrogen and oxygen atoms in total. The Morgan fingerprint density at radius 3 is 2.08 bits per heavy atom. The number of nitrogens with one attached hydrogen (secondary N) is 1. The van der Waals surface area contributed by atoms with Gasteiger partial charge in [0, 0.05) is 24.1 Å². The molecule has 1 amide bonds. The van der Waals surface area contributed by atoms with Crippen LogP contribution in [-0.4, -0.2) is 11.4 Å². The van der Waals surface area contributed by atoms with Crippen molar-refractivity contribution in [3.8, 4) is 0 Å². The van der Waals surface area contributed by atoms with Gasteiger partial charge in [-0.25, -0.2) is 0 Å². The molecule has 2 rings (SSSR count). The summed E-state index contributed by atoms with van der Waals surface area (Å²) in [4.78, 5) is 13.1. The first-order valence-corrected chi connectivity index (χ1v) is 8.78. The first-order valence-electron chi connectivity index (χ1n) is 8.78. The average molecular weight is 325 g/mol. The maximum Gasteiger partial charge on any atom is 0.285 e. The molecule has 24 heavy (non-hydrogen) atoms. The van der Waals surface area contributed by atoms with Gasteiger partial charge < -0.3 is 10.6 Å². The van der Waals surface area contributed by atoms with Crippen LogP contribution in [-0.2, 0) is 11.3 Å². The van der Waals surface area contributed by atoms with Crippen LogP contribution in [0.3, 0.4) is 0 Å². The van der Waals surface area contributed by atoms with Gasteiger partial charge >= 0.3 is 0 Å². The lowest BCUT2D eigenvalue weighted by Crippen LogP contribution is -2.98. The molecule has 0 heterocycles. The quantitative estimate of drug-likeness (QED) is 0.803. The van der Waals surface area contributed by atoms with Crippen molar-refractivity contribution in [3.63, 3.8) is 0 Å². The smallest absolute Gasteiger partial charge is 0.285 e. The molecule has 2 aromatic rings. The predicted molar refractivity (Wildman–Crippen MR) is 99.9 cm³/mol.